The smallest absolute Gasteiger partial charge is 0.251 e. The third kappa shape index (κ3) is 2.62. The second-order valence-electron chi connectivity index (χ2n) is 4.30. The summed E-state index contributed by atoms with van der Waals surface area (Å²) in [6.45, 7) is 0.439. The molecule has 0 unspecified atom stereocenters. The molecule has 1 amide bonds. The minimum Gasteiger partial charge on any atom is -0.348 e. The number of rotatable bonds is 3. The summed E-state index contributed by atoms with van der Waals surface area (Å²) in [7, 11) is 0. The molecule has 0 spiro atoms. The average Bonchev–Trinajstić information content (AvgIpc) is 2.85. The highest BCUT2D eigenvalue weighted by Crippen LogP contribution is 2.16. The number of fused-ring (bicyclic) bond motifs is 1. The number of benzene rings is 1. The fourth-order valence-electron chi connectivity index (χ4n) is 1.91. The first-order valence-electron chi connectivity index (χ1n) is 6.05. The predicted octanol–water partition coefficient (Wildman–Crippen LogP) is 2.54. The number of imidazole rings is 1. The molecule has 2 heterocycles. The highest BCUT2D eigenvalue weighted by atomic mass is 35.5. The van der Waals surface area contributed by atoms with Crippen molar-refractivity contribution < 1.29 is 4.79 Å². The lowest BCUT2D eigenvalue weighted by Gasteiger charge is -2.05. The maximum Gasteiger partial charge on any atom is 0.251 e. The molecule has 1 aromatic carbocycles. The quantitative estimate of drug-likeness (QED) is 0.777. The van der Waals surface area contributed by atoms with Gasteiger partial charge in [-0.3, -0.25) is 9.78 Å². The van der Waals surface area contributed by atoms with Crippen LogP contribution in [0.1, 0.15) is 15.9 Å². The fraction of sp³-hybridized carbons (Fsp3) is 0.0714. The summed E-state index contributed by atoms with van der Waals surface area (Å²) in [5.74, 6) is -0.151. The zero-order valence-electron chi connectivity index (χ0n) is 10.4. The van der Waals surface area contributed by atoms with Crippen LogP contribution in [0, 0.1) is 0 Å². The molecule has 100 valence electrons. The minimum atomic E-state index is -0.151. The molecule has 20 heavy (non-hydrogen) atoms. The molecule has 0 aliphatic rings. The number of nitrogens with zero attached hydrogens (tertiary/aromatic N) is 2. The molecule has 5 nitrogen and oxygen atoms in total. The Morgan fingerprint density at radius 1 is 1.35 bits per heavy atom. The van der Waals surface area contributed by atoms with E-state index in [0.717, 1.165) is 16.6 Å². The van der Waals surface area contributed by atoms with Crippen LogP contribution in [0.2, 0.25) is 5.28 Å². The van der Waals surface area contributed by atoms with Crippen molar-refractivity contribution in [2.45, 2.75) is 6.54 Å². The number of nitrogens with one attached hydrogen (secondary N) is 2. The van der Waals surface area contributed by atoms with Crippen molar-refractivity contribution in [2.24, 2.45) is 0 Å². The lowest BCUT2D eigenvalue weighted by molar-refractivity contribution is 0.0951. The number of amides is 1. The highest BCUT2D eigenvalue weighted by molar-refractivity contribution is 6.29. The van der Waals surface area contributed by atoms with E-state index in [2.05, 4.69) is 20.3 Å². The molecule has 0 aliphatic carbocycles. The SMILES string of the molecule is O=C(NCc1cccnc1)c1ccc2nc(Cl)[nH]c2c1. The van der Waals surface area contributed by atoms with Gasteiger partial charge in [-0.2, -0.15) is 0 Å². The Morgan fingerprint density at radius 2 is 2.25 bits per heavy atom. The van der Waals surface area contributed by atoms with Crippen molar-refractivity contribution in [1.29, 1.82) is 0 Å². The molecule has 3 aromatic rings. The van der Waals surface area contributed by atoms with Crippen molar-refractivity contribution in [3.63, 3.8) is 0 Å². The lowest BCUT2D eigenvalue weighted by Crippen LogP contribution is -2.22. The van der Waals surface area contributed by atoms with Crippen molar-refractivity contribution in [2.75, 3.05) is 0 Å². The fourth-order valence-corrected chi connectivity index (χ4v) is 2.10. The molecular weight excluding hydrogens is 276 g/mol. The van der Waals surface area contributed by atoms with Crippen molar-refractivity contribution in [1.82, 2.24) is 20.3 Å². The number of H-pyrrole nitrogens is 1. The summed E-state index contributed by atoms with van der Waals surface area (Å²) in [6.07, 6.45) is 3.42. The van der Waals surface area contributed by atoms with Gasteiger partial charge in [-0.1, -0.05) is 6.07 Å². The normalized spacial score (nSPS) is 10.7. The van der Waals surface area contributed by atoms with E-state index in [1.807, 2.05) is 12.1 Å². The van der Waals surface area contributed by atoms with Crippen LogP contribution in [0.5, 0.6) is 0 Å². The summed E-state index contributed by atoms with van der Waals surface area (Å²) in [4.78, 5) is 23.0. The molecule has 6 heteroatoms. The number of hydrogen-bond donors (Lipinski definition) is 2. The molecule has 0 aliphatic heterocycles. The summed E-state index contributed by atoms with van der Waals surface area (Å²) in [5.41, 5.74) is 2.98. The Labute approximate surface area is 120 Å². The van der Waals surface area contributed by atoms with Gasteiger partial charge < -0.3 is 10.3 Å². The largest absolute Gasteiger partial charge is 0.348 e. The van der Waals surface area contributed by atoms with Crippen LogP contribution in [0.4, 0.5) is 0 Å². The van der Waals surface area contributed by atoms with Crippen LogP contribution in [-0.4, -0.2) is 20.9 Å². The van der Waals surface area contributed by atoms with E-state index in [1.165, 1.54) is 0 Å². The van der Waals surface area contributed by atoms with Gasteiger partial charge in [0.2, 0.25) is 5.28 Å². The van der Waals surface area contributed by atoms with Crippen LogP contribution >= 0.6 is 11.6 Å². The van der Waals surface area contributed by atoms with Gasteiger partial charge in [-0.15, -0.1) is 0 Å². The molecular formula is C14H11ClN4O. The molecule has 0 saturated heterocycles. The third-order valence-corrected chi connectivity index (χ3v) is 3.07. The van der Waals surface area contributed by atoms with Crippen molar-refractivity contribution in [3.05, 3.63) is 59.1 Å². The zero-order chi connectivity index (χ0) is 13.9. The molecule has 2 N–H and O–H groups in total. The van der Waals surface area contributed by atoms with E-state index in [4.69, 9.17) is 11.6 Å². The Bertz CT molecular complexity index is 754. The number of aromatic amines is 1. The first kappa shape index (κ1) is 12.6. The second-order valence-corrected chi connectivity index (χ2v) is 4.66. The van der Waals surface area contributed by atoms with Crippen LogP contribution in [-0.2, 0) is 6.54 Å². The lowest BCUT2D eigenvalue weighted by atomic mass is 10.2. The van der Waals surface area contributed by atoms with Gasteiger partial charge in [-0.05, 0) is 41.4 Å². The standard InChI is InChI=1S/C14H11ClN4O/c15-14-18-11-4-3-10(6-12(11)19-14)13(20)17-8-9-2-1-5-16-7-9/h1-7H,8H2,(H,17,20)(H,18,19). The van der Waals surface area contributed by atoms with E-state index >= 15 is 0 Å². The maximum absolute atomic E-state index is 12.1. The number of halogens is 1. The van der Waals surface area contributed by atoms with Gasteiger partial charge in [0.1, 0.15) is 0 Å². The average molecular weight is 287 g/mol. The van der Waals surface area contributed by atoms with Gasteiger partial charge in [0.25, 0.3) is 5.91 Å². The zero-order valence-corrected chi connectivity index (χ0v) is 11.2. The Kier molecular flexibility index (Phi) is 3.35. The number of aromatic nitrogens is 3. The highest BCUT2D eigenvalue weighted by Gasteiger charge is 2.08. The van der Waals surface area contributed by atoms with Crippen LogP contribution < -0.4 is 5.32 Å². The van der Waals surface area contributed by atoms with Crippen LogP contribution in [0.15, 0.2) is 42.7 Å². The molecule has 3 rings (SSSR count). The van der Waals surface area contributed by atoms with E-state index in [9.17, 15) is 4.79 Å². The molecule has 0 bridgehead atoms. The molecule has 0 saturated carbocycles. The second kappa shape index (κ2) is 5.30. The molecule has 2 aromatic heterocycles. The topological polar surface area (TPSA) is 70.7 Å². The van der Waals surface area contributed by atoms with E-state index in [0.29, 0.717) is 17.4 Å². The summed E-state index contributed by atoms with van der Waals surface area (Å²) in [5, 5.41) is 3.15. The Hall–Kier alpha value is -2.40. The molecule has 0 fully saturated rings. The predicted molar refractivity (Wildman–Crippen MR) is 76.5 cm³/mol. The van der Waals surface area contributed by atoms with E-state index < -0.39 is 0 Å². The first-order chi connectivity index (χ1) is 9.72. The van der Waals surface area contributed by atoms with Gasteiger partial charge in [0.05, 0.1) is 11.0 Å². The number of hydrogen-bond acceptors (Lipinski definition) is 3. The van der Waals surface area contributed by atoms with E-state index in [1.54, 1.807) is 30.6 Å². The monoisotopic (exact) mass is 286 g/mol. The number of pyridine rings is 1. The van der Waals surface area contributed by atoms with E-state index in [-0.39, 0.29) is 5.91 Å². The maximum atomic E-state index is 12.1. The van der Waals surface area contributed by atoms with Gasteiger partial charge in [0, 0.05) is 24.5 Å². The Balaban J connectivity index is 1.75. The first-order valence-corrected chi connectivity index (χ1v) is 6.42. The number of carbonyl (C=O) groups excluding carboxylic acids is 1. The van der Waals surface area contributed by atoms with Gasteiger partial charge in [-0.25, -0.2) is 4.98 Å². The summed E-state index contributed by atoms with van der Waals surface area (Å²) >= 11 is 5.78. The molecule has 0 radical (unpaired) electrons. The number of carbonyl (C=O) groups is 1. The summed E-state index contributed by atoms with van der Waals surface area (Å²) in [6, 6.07) is 8.95. The van der Waals surface area contributed by atoms with Crippen LogP contribution in [0.3, 0.4) is 0 Å². The van der Waals surface area contributed by atoms with Crippen molar-refractivity contribution >= 4 is 28.5 Å². The Morgan fingerprint density at radius 3 is 3.05 bits per heavy atom. The third-order valence-electron chi connectivity index (χ3n) is 2.89. The van der Waals surface area contributed by atoms with Gasteiger partial charge in [0.15, 0.2) is 0 Å². The summed E-state index contributed by atoms with van der Waals surface area (Å²) < 4.78 is 0. The van der Waals surface area contributed by atoms with Crippen molar-refractivity contribution in [3.8, 4) is 0 Å². The van der Waals surface area contributed by atoms with Crippen LogP contribution in [0.25, 0.3) is 11.0 Å². The van der Waals surface area contributed by atoms with Gasteiger partial charge >= 0.3 is 0 Å². The minimum absolute atomic E-state index is 0.151. The molecule has 0 atom stereocenters.